The second-order valence-electron chi connectivity index (χ2n) is 5.40. The van der Waals surface area contributed by atoms with Gasteiger partial charge in [0.2, 0.25) is 10.0 Å². The van der Waals surface area contributed by atoms with E-state index in [-0.39, 0.29) is 16.5 Å². The van der Waals surface area contributed by atoms with Gasteiger partial charge < -0.3 is 5.32 Å². The smallest absolute Gasteiger partial charge is 0.257 e. The number of halogens is 1. The van der Waals surface area contributed by atoms with E-state index in [0.717, 1.165) is 17.0 Å². The molecule has 0 aromatic heterocycles. The summed E-state index contributed by atoms with van der Waals surface area (Å²) in [5.74, 6) is -0.349. The largest absolute Gasteiger partial charge is 0.322 e. The predicted molar refractivity (Wildman–Crippen MR) is 98.5 cm³/mol. The van der Waals surface area contributed by atoms with Gasteiger partial charge >= 0.3 is 0 Å². The monoisotopic (exact) mass is 366 g/mol. The van der Waals surface area contributed by atoms with E-state index in [0.29, 0.717) is 11.4 Å². The van der Waals surface area contributed by atoms with Crippen LogP contribution in [0.2, 0.25) is 5.02 Å². The highest BCUT2D eigenvalue weighted by molar-refractivity contribution is 7.92. The van der Waals surface area contributed by atoms with Crippen LogP contribution in [0.1, 0.15) is 22.8 Å². The number of hydrogen-bond acceptors (Lipinski definition) is 3. The molecule has 2 rings (SSSR count). The molecule has 0 saturated heterocycles. The van der Waals surface area contributed by atoms with Crippen LogP contribution in [0.3, 0.4) is 0 Å². The molecule has 1 N–H and O–H groups in total. The molecule has 5 nitrogen and oxygen atoms in total. The number of carbonyl (C=O) groups is 1. The lowest BCUT2D eigenvalue weighted by molar-refractivity contribution is 0.102. The third kappa shape index (κ3) is 4.27. The van der Waals surface area contributed by atoms with Gasteiger partial charge in [0.25, 0.3) is 5.91 Å². The molecule has 0 fully saturated rings. The quantitative estimate of drug-likeness (QED) is 0.879. The number of rotatable bonds is 5. The Morgan fingerprint density at radius 1 is 1.17 bits per heavy atom. The summed E-state index contributed by atoms with van der Waals surface area (Å²) in [5, 5.41) is 2.96. The Kier molecular flexibility index (Phi) is 5.51. The number of nitrogens with zero attached hydrogens (tertiary/aromatic N) is 1. The normalized spacial score (nSPS) is 11.2. The van der Waals surface area contributed by atoms with E-state index in [9.17, 15) is 13.2 Å². The van der Waals surface area contributed by atoms with Gasteiger partial charge in [-0.2, -0.15) is 0 Å². The van der Waals surface area contributed by atoms with Gasteiger partial charge in [0.05, 0.1) is 22.5 Å². The van der Waals surface area contributed by atoms with E-state index in [2.05, 4.69) is 12.2 Å². The van der Waals surface area contributed by atoms with E-state index >= 15 is 0 Å². The highest BCUT2D eigenvalue weighted by Crippen LogP contribution is 2.25. The van der Waals surface area contributed by atoms with Crippen LogP contribution in [0.5, 0.6) is 0 Å². The fraction of sp³-hybridized carbons (Fsp3) is 0.235. The number of anilines is 2. The van der Waals surface area contributed by atoms with Crippen molar-refractivity contribution in [1.29, 1.82) is 0 Å². The van der Waals surface area contributed by atoms with Crippen LogP contribution < -0.4 is 9.62 Å². The molecule has 24 heavy (non-hydrogen) atoms. The number of aryl methyl sites for hydroxylation is 1. The second-order valence-corrected chi connectivity index (χ2v) is 7.82. The first-order chi connectivity index (χ1) is 11.2. The Morgan fingerprint density at radius 3 is 2.29 bits per heavy atom. The van der Waals surface area contributed by atoms with Crippen molar-refractivity contribution in [3.05, 3.63) is 58.6 Å². The lowest BCUT2D eigenvalue weighted by Crippen LogP contribution is -2.25. The van der Waals surface area contributed by atoms with Crippen LogP contribution in [-0.4, -0.2) is 27.6 Å². The van der Waals surface area contributed by atoms with Crippen molar-refractivity contribution in [2.75, 3.05) is 22.9 Å². The molecular formula is C17H19ClN2O3S. The molecular weight excluding hydrogens is 348 g/mol. The average Bonchev–Trinajstić information content (AvgIpc) is 2.53. The van der Waals surface area contributed by atoms with Crippen LogP contribution in [0, 0.1) is 0 Å². The highest BCUT2D eigenvalue weighted by atomic mass is 35.5. The molecule has 0 aliphatic carbocycles. The topological polar surface area (TPSA) is 66.5 Å². The maximum Gasteiger partial charge on any atom is 0.257 e. The third-order valence-corrected chi connectivity index (χ3v) is 5.20. The van der Waals surface area contributed by atoms with E-state index < -0.39 is 10.0 Å². The van der Waals surface area contributed by atoms with Crippen LogP contribution in [-0.2, 0) is 16.4 Å². The van der Waals surface area contributed by atoms with Crippen LogP contribution in [0.4, 0.5) is 11.4 Å². The Hall–Kier alpha value is -2.05. The molecule has 0 aliphatic heterocycles. The molecule has 0 heterocycles. The molecule has 7 heteroatoms. The summed E-state index contributed by atoms with van der Waals surface area (Å²) in [6, 6.07) is 12.1. The Bertz CT molecular complexity index is 849. The van der Waals surface area contributed by atoms with Gasteiger partial charge in [-0.25, -0.2) is 8.42 Å². The molecule has 0 radical (unpaired) electrons. The van der Waals surface area contributed by atoms with E-state index in [1.807, 2.05) is 24.3 Å². The number of nitrogens with one attached hydrogen (secondary N) is 1. The van der Waals surface area contributed by atoms with Gasteiger partial charge in [0.15, 0.2) is 0 Å². The van der Waals surface area contributed by atoms with Crippen LogP contribution >= 0.6 is 11.6 Å². The van der Waals surface area contributed by atoms with E-state index in [4.69, 9.17) is 11.6 Å². The summed E-state index contributed by atoms with van der Waals surface area (Å²) in [6.07, 6.45) is 2.02. The zero-order valence-corrected chi connectivity index (χ0v) is 15.3. The minimum Gasteiger partial charge on any atom is -0.322 e. The minimum atomic E-state index is -3.39. The Morgan fingerprint density at radius 2 is 1.79 bits per heavy atom. The number of amides is 1. The average molecular weight is 367 g/mol. The molecule has 128 valence electrons. The first kappa shape index (κ1) is 18.3. The van der Waals surface area contributed by atoms with Gasteiger partial charge in [-0.1, -0.05) is 30.7 Å². The minimum absolute atomic E-state index is 0.186. The molecule has 2 aromatic carbocycles. The summed E-state index contributed by atoms with van der Waals surface area (Å²) in [4.78, 5) is 12.3. The maximum atomic E-state index is 12.3. The van der Waals surface area contributed by atoms with Crippen molar-refractivity contribution < 1.29 is 13.2 Å². The third-order valence-electron chi connectivity index (χ3n) is 3.68. The number of benzene rings is 2. The van der Waals surface area contributed by atoms with E-state index in [1.54, 1.807) is 6.07 Å². The van der Waals surface area contributed by atoms with Crippen molar-refractivity contribution >= 4 is 38.9 Å². The zero-order valence-electron chi connectivity index (χ0n) is 13.7. The van der Waals surface area contributed by atoms with Crippen molar-refractivity contribution in [2.24, 2.45) is 0 Å². The molecule has 0 unspecified atom stereocenters. The van der Waals surface area contributed by atoms with E-state index in [1.165, 1.54) is 24.7 Å². The lowest BCUT2D eigenvalue weighted by atomic mass is 10.1. The summed E-state index contributed by atoms with van der Waals surface area (Å²) >= 11 is 6.15. The van der Waals surface area contributed by atoms with Gasteiger partial charge in [-0.3, -0.25) is 9.10 Å². The predicted octanol–water partition coefficient (Wildman–Crippen LogP) is 3.55. The van der Waals surface area contributed by atoms with Crippen molar-refractivity contribution in [2.45, 2.75) is 13.3 Å². The first-order valence-electron chi connectivity index (χ1n) is 7.36. The lowest BCUT2D eigenvalue weighted by Gasteiger charge is -2.17. The number of hydrogen-bond donors (Lipinski definition) is 1. The molecule has 0 spiro atoms. The Labute approximate surface area is 147 Å². The van der Waals surface area contributed by atoms with Gasteiger partial charge in [0.1, 0.15) is 0 Å². The van der Waals surface area contributed by atoms with Gasteiger partial charge in [-0.05, 0) is 42.3 Å². The number of carbonyl (C=O) groups excluding carboxylic acids is 1. The fourth-order valence-corrected chi connectivity index (χ4v) is 2.85. The summed E-state index contributed by atoms with van der Waals surface area (Å²) in [6.45, 7) is 2.06. The summed E-state index contributed by atoms with van der Waals surface area (Å²) in [5.41, 5.74) is 2.53. The molecule has 0 bridgehead atoms. The molecule has 2 aromatic rings. The van der Waals surface area contributed by atoms with Gasteiger partial charge in [-0.15, -0.1) is 0 Å². The molecule has 0 saturated carbocycles. The number of sulfonamides is 1. The van der Waals surface area contributed by atoms with Gasteiger partial charge in [0, 0.05) is 12.7 Å². The standard InChI is InChI=1S/C17H19ClN2O3S/c1-4-12-5-7-13(8-6-12)19-17(21)15-10-9-14(11-16(15)18)20(2)24(3,22)23/h5-11H,4H2,1-3H3,(H,19,21). The van der Waals surface area contributed by atoms with Crippen molar-refractivity contribution in [3.63, 3.8) is 0 Å². The Balaban J connectivity index is 2.20. The molecule has 0 atom stereocenters. The second kappa shape index (κ2) is 7.23. The maximum absolute atomic E-state index is 12.3. The van der Waals surface area contributed by atoms with Crippen LogP contribution in [0.25, 0.3) is 0 Å². The van der Waals surface area contributed by atoms with Crippen molar-refractivity contribution in [1.82, 2.24) is 0 Å². The fourth-order valence-electron chi connectivity index (χ4n) is 2.10. The summed E-state index contributed by atoms with van der Waals surface area (Å²) < 4.78 is 24.2. The molecule has 1 amide bonds. The SMILES string of the molecule is CCc1ccc(NC(=O)c2ccc(N(C)S(C)(=O)=O)cc2Cl)cc1. The molecule has 0 aliphatic rings. The van der Waals surface area contributed by atoms with Crippen LogP contribution in [0.15, 0.2) is 42.5 Å². The van der Waals surface area contributed by atoms with Crippen molar-refractivity contribution in [3.8, 4) is 0 Å². The summed E-state index contributed by atoms with van der Waals surface area (Å²) in [7, 11) is -1.96. The first-order valence-corrected chi connectivity index (χ1v) is 9.58. The highest BCUT2D eigenvalue weighted by Gasteiger charge is 2.16. The zero-order chi connectivity index (χ0) is 17.9.